The normalized spacial score (nSPS) is 14.6. The van der Waals surface area contributed by atoms with Gasteiger partial charge in [0, 0.05) is 16.6 Å². The summed E-state index contributed by atoms with van der Waals surface area (Å²) in [5.74, 6) is -0.389. The van der Waals surface area contributed by atoms with Gasteiger partial charge in [0.1, 0.15) is 0 Å². The molecule has 0 aromatic heterocycles. The molecule has 2 rings (SSSR count). The monoisotopic (exact) mass is 365 g/mol. The van der Waals surface area contributed by atoms with Gasteiger partial charge in [-0.3, -0.25) is 4.79 Å². The molecule has 118 valence electrons. The van der Waals surface area contributed by atoms with Crippen LogP contribution in [0.1, 0.15) is 37.7 Å². The second-order valence-corrected chi connectivity index (χ2v) is 6.25. The summed E-state index contributed by atoms with van der Waals surface area (Å²) >= 11 is 3.42. The summed E-state index contributed by atoms with van der Waals surface area (Å²) in [4.78, 5) is 23.9. The van der Waals surface area contributed by atoms with E-state index in [1.165, 1.54) is 7.11 Å². The first-order chi connectivity index (χ1) is 10.6. The first-order valence-corrected chi connectivity index (χ1v) is 8.24. The third-order valence-electron chi connectivity index (χ3n) is 3.72. The highest BCUT2D eigenvalue weighted by Gasteiger charge is 2.21. The number of nitrogens with one attached hydrogen (secondary N) is 1. The number of halogens is 1. The fourth-order valence-electron chi connectivity index (χ4n) is 2.57. The number of allylic oxidation sites excluding steroid dienone is 1. The molecule has 1 aromatic carbocycles. The van der Waals surface area contributed by atoms with E-state index in [1.807, 2.05) is 24.3 Å². The van der Waals surface area contributed by atoms with E-state index in [2.05, 4.69) is 21.2 Å². The van der Waals surface area contributed by atoms with E-state index in [1.54, 1.807) is 0 Å². The van der Waals surface area contributed by atoms with Gasteiger partial charge in [0.15, 0.2) is 0 Å². The number of methoxy groups -OCH3 is 1. The van der Waals surface area contributed by atoms with E-state index in [9.17, 15) is 9.59 Å². The van der Waals surface area contributed by atoms with Crippen molar-refractivity contribution >= 4 is 27.8 Å². The van der Waals surface area contributed by atoms with Crippen molar-refractivity contribution in [2.24, 2.45) is 0 Å². The summed E-state index contributed by atoms with van der Waals surface area (Å²) in [6.07, 6.45) is 4.42. The Hall–Kier alpha value is -1.62. The van der Waals surface area contributed by atoms with E-state index in [0.717, 1.165) is 35.0 Å². The lowest BCUT2D eigenvalue weighted by Gasteiger charge is -2.19. The Balaban J connectivity index is 1.95. The Morgan fingerprint density at radius 2 is 2.05 bits per heavy atom. The maximum absolute atomic E-state index is 12.1. The molecule has 0 unspecified atom stereocenters. The number of carbonyl (C=O) groups is 2. The zero-order valence-corrected chi connectivity index (χ0v) is 14.2. The SMILES string of the molecule is COC(=O)C1=C(NC(=O)CCc2cccc(Br)c2)CCCC1. The van der Waals surface area contributed by atoms with Gasteiger partial charge in [-0.1, -0.05) is 28.1 Å². The predicted octanol–water partition coefficient (Wildman–Crippen LogP) is 3.50. The second kappa shape index (κ2) is 8.13. The summed E-state index contributed by atoms with van der Waals surface area (Å²) < 4.78 is 5.80. The van der Waals surface area contributed by atoms with E-state index < -0.39 is 0 Å². The van der Waals surface area contributed by atoms with Crippen molar-refractivity contribution in [3.63, 3.8) is 0 Å². The van der Waals surface area contributed by atoms with Crippen LogP contribution in [0.2, 0.25) is 0 Å². The summed E-state index contributed by atoms with van der Waals surface area (Å²) in [5.41, 5.74) is 2.46. The van der Waals surface area contributed by atoms with E-state index in [0.29, 0.717) is 24.8 Å². The van der Waals surface area contributed by atoms with E-state index in [4.69, 9.17) is 4.74 Å². The van der Waals surface area contributed by atoms with E-state index in [-0.39, 0.29) is 11.9 Å². The summed E-state index contributed by atoms with van der Waals surface area (Å²) in [6, 6.07) is 7.92. The maximum atomic E-state index is 12.1. The number of ether oxygens (including phenoxy) is 1. The fraction of sp³-hybridized carbons (Fsp3) is 0.412. The molecule has 22 heavy (non-hydrogen) atoms. The molecule has 0 bridgehead atoms. The molecule has 0 atom stereocenters. The minimum atomic E-state index is -0.331. The number of carbonyl (C=O) groups excluding carboxylic acids is 2. The summed E-state index contributed by atoms with van der Waals surface area (Å²) in [6.45, 7) is 0. The van der Waals surface area contributed by atoms with Gasteiger partial charge in [-0.15, -0.1) is 0 Å². The van der Waals surface area contributed by atoms with Crippen LogP contribution in [0, 0.1) is 0 Å². The van der Waals surface area contributed by atoms with Gasteiger partial charge in [-0.2, -0.15) is 0 Å². The van der Waals surface area contributed by atoms with Crippen molar-refractivity contribution in [1.82, 2.24) is 5.32 Å². The van der Waals surface area contributed by atoms with Gasteiger partial charge in [-0.25, -0.2) is 4.79 Å². The molecule has 1 aliphatic carbocycles. The Bertz CT molecular complexity index is 595. The zero-order valence-electron chi connectivity index (χ0n) is 12.7. The van der Waals surface area contributed by atoms with Crippen molar-refractivity contribution in [3.8, 4) is 0 Å². The largest absolute Gasteiger partial charge is 0.466 e. The quantitative estimate of drug-likeness (QED) is 0.812. The third kappa shape index (κ3) is 4.70. The Morgan fingerprint density at radius 1 is 1.27 bits per heavy atom. The first-order valence-electron chi connectivity index (χ1n) is 7.45. The average Bonchev–Trinajstić information content (AvgIpc) is 2.53. The smallest absolute Gasteiger partial charge is 0.335 e. The second-order valence-electron chi connectivity index (χ2n) is 5.33. The van der Waals surface area contributed by atoms with Gasteiger partial charge < -0.3 is 10.1 Å². The highest BCUT2D eigenvalue weighted by Crippen LogP contribution is 2.24. The molecule has 0 saturated heterocycles. The first kappa shape index (κ1) is 16.7. The van der Waals surface area contributed by atoms with Crippen molar-refractivity contribution in [1.29, 1.82) is 0 Å². The topological polar surface area (TPSA) is 55.4 Å². The van der Waals surface area contributed by atoms with Crippen LogP contribution in [0.3, 0.4) is 0 Å². The molecule has 1 aromatic rings. The van der Waals surface area contributed by atoms with Gasteiger partial charge >= 0.3 is 5.97 Å². The highest BCUT2D eigenvalue weighted by atomic mass is 79.9. The zero-order chi connectivity index (χ0) is 15.9. The predicted molar refractivity (Wildman–Crippen MR) is 88.1 cm³/mol. The van der Waals surface area contributed by atoms with Crippen molar-refractivity contribution < 1.29 is 14.3 Å². The van der Waals surface area contributed by atoms with Crippen LogP contribution >= 0.6 is 15.9 Å². The van der Waals surface area contributed by atoms with Gasteiger partial charge in [0.05, 0.1) is 12.7 Å². The lowest BCUT2D eigenvalue weighted by molar-refractivity contribution is -0.136. The number of rotatable bonds is 5. The maximum Gasteiger partial charge on any atom is 0.335 e. The Labute approximate surface area is 139 Å². The number of benzene rings is 1. The van der Waals surface area contributed by atoms with Crippen LogP contribution in [0.4, 0.5) is 0 Å². The van der Waals surface area contributed by atoms with Crippen LogP contribution in [0.5, 0.6) is 0 Å². The minimum Gasteiger partial charge on any atom is -0.466 e. The van der Waals surface area contributed by atoms with Crippen molar-refractivity contribution in [2.75, 3.05) is 7.11 Å². The molecule has 5 heteroatoms. The molecular formula is C17H20BrNO3. The molecule has 4 nitrogen and oxygen atoms in total. The standard InChI is InChI=1S/C17H20BrNO3/c1-22-17(21)14-7-2-3-8-15(14)19-16(20)10-9-12-5-4-6-13(18)11-12/h4-6,11H,2-3,7-10H2,1H3,(H,19,20). The molecule has 1 aliphatic rings. The molecule has 0 radical (unpaired) electrons. The third-order valence-corrected chi connectivity index (χ3v) is 4.21. The number of amides is 1. The van der Waals surface area contributed by atoms with Crippen LogP contribution in [-0.2, 0) is 20.7 Å². The molecule has 0 spiro atoms. The van der Waals surface area contributed by atoms with Gasteiger partial charge in [0.25, 0.3) is 0 Å². The summed E-state index contributed by atoms with van der Waals surface area (Å²) in [5, 5.41) is 2.90. The molecule has 0 aliphatic heterocycles. The number of hydrogen-bond acceptors (Lipinski definition) is 3. The lowest BCUT2D eigenvalue weighted by atomic mass is 9.96. The molecule has 1 N–H and O–H groups in total. The van der Waals surface area contributed by atoms with Crippen molar-refractivity contribution in [2.45, 2.75) is 38.5 Å². The molecular weight excluding hydrogens is 346 g/mol. The van der Waals surface area contributed by atoms with Gasteiger partial charge in [-0.05, 0) is 49.8 Å². The Morgan fingerprint density at radius 3 is 2.77 bits per heavy atom. The van der Waals surface area contributed by atoms with Gasteiger partial charge in [0.2, 0.25) is 5.91 Å². The van der Waals surface area contributed by atoms with E-state index >= 15 is 0 Å². The van der Waals surface area contributed by atoms with Crippen LogP contribution < -0.4 is 5.32 Å². The molecule has 0 saturated carbocycles. The summed E-state index contributed by atoms with van der Waals surface area (Å²) in [7, 11) is 1.37. The molecule has 0 fully saturated rings. The Kier molecular flexibility index (Phi) is 6.19. The minimum absolute atomic E-state index is 0.0571. The highest BCUT2D eigenvalue weighted by molar-refractivity contribution is 9.10. The molecule has 0 heterocycles. The van der Waals surface area contributed by atoms with Crippen LogP contribution in [0.25, 0.3) is 0 Å². The average molecular weight is 366 g/mol. The number of hydrogen-bond donors (Lipinski definition) is 1. The molecule has 1 amide bonds. The fourth-order valence-corrected chi connectivity index (χ4v) is 3.02. The lowest BCUT2D eigenvalue weighted by Crippen LogP contribution is -2.27. The van der Waals surface area contributed by atoms with Crippen molar-refractivity contribution in [3.05, 3.63) is 45.6 Å². The number of esters is 1. The number of aryl methyl sites for hydroxylation is 1. The van der Waals surface area contributed by atoms with Crippen LogP contribution in [0.15, 0.2) is 40.0 Å². The van der Waals surface area contributed by atoms with Crippen LogP contribution in [-0.4, -0.2) is 19.0 Å².